The SMILES string of the molecule is C[C@@H](C(=O)NC1CCCC1)N(Cc1cccc(Br)c1)C(=O)CN(c1cccc(C(F)(F)F)c1)S(C)(=O)=O. The van der Waals surface area contributed by atoms with Gasteiger partial charge in [0.05, 0.1) is 17.5 Å². The molecule has 0 unspecified atom stereocenters. The largest absolute Gasteiger partial charge is 0.416 e. The maximum Gasteiger partial charge on any atom is 0.416 e. The van der Waals surface area contributed by atoms with Crippen molar-refractivity contribution in [2.75, 3.05) is 17.1 Å². The Hall–Kier alpha value is -2.60. The molecule has 0 spiro atoms. The number of sulfonamides is 1. The lowest BCUT2D eigenvalue weighted by Gasteiger charge is -2.32. The summed E-state index contributed by atoms with van der Waals surface area (Å²) in [7, 11) is -4.14. The number of nitrogens with zero attached hydrogens (tertiary/aromatic N) is 2. The smallest absolute Gasteiger partial charge is 0.352 e. The highest BCUT2D eigenvalue weighted by molar-refractivity contribution is 9.10. The normalized spacial score (nSPS) is 15.3. The highest BCUT2D eigenvalue weighted by atomic mass is 79.9. The fraction of sp³-hybridized carbons (Fsp3) is 0.440. The van der Waals surface area contributed by atoms with E-state index in [0.29, 0.717) is 15.9 Å². The Labute approximate surface area is 223 Å². The Kier molecular flexibility index (Phi) is 9.27. The highest BCUT2D eigenvalue weighted by Gasteiger charge is 2.34. The van der Waals surface area contributed by atoms with Crippen molar-refractivity contribution < 1.29 is 31.2 Å². The number of nitrogens with one attached hydrogen (secondary N) is 1. The number of carbonyl (C=O) groups is 2. The lowest BCUT2D eigenvalue weighted by Crippen LogP contribution is -2.52. The quantitative estimate of drug-likeness (QED) is 0.450. The summed E-state index contributed by atoms with van der Waals surface area (Å²) in [5.74, 6) is -1.10. The average Bonchev–Trinajstić information content (AvgIpc) is 3.32. The molecule has 1 fully saturated rings. The minimum absolute atomic E-state index is 0.00226. The molecule has 1 N–H and O–H groups in total. The predicted molar refractivity (Wildman–Crippen MR) is 138 cm³/mol. The first-order valence-electron chi connectivity index (χ1n) is 11.7. The maximum absolute atomic E-state index is 13.5. The van der Waals surface area contributed by atoms with Crippen molar-refractivity contribution in [1.29, 1.82) is 0 Å². The highest BCUT2D eigenvalue weighted by Crippen LogP contribution is 2.32. The third-order valence-corrected chi connectivity index (χ3v) is 7.89. The number of halogens is 4. The topological polar surface area (TPSA) is 86.8 Å². The Bertz CT molecular complexity index is 1230. The number of hydrogen-bond acceptors (Lipinski definition) is 4. The molecule has 1 aliphatic rings. The van der Waals surface area contributed by atoms with Crippen molar-refractivity contribution >= 4 is 43.5 Å². The van der Waals surface area contributed by atoms with Crippen molar-refractivity contribution in [1.82, 2.24) is 10.2 Å². The second-order valence-electron chi connectivity index (χ2n) is 9.14. The van der Waals surface area contributed by atoms with Gasteiger partial charge in [0, 0.05) is 17.1 Å². The van der Waals surface area contributed by atoms with Crippen LogP contribution >= 0.6 is 15.9 Å². The summed E-state index contributed by atoms with van der Waals surface area (Å²) in [5, 5.41) is 2.95. The number of benzene rings is 2. The van der Waals surface area contributed by atoms with Crippen LogP contribution < -0.4 is 9.62 Å². The summed E-state index contributed by atoms with van der Waals surface area (Å²) in [6, 6.07) is 9.92. The van der Waals surface area contributed by atoms with Crippen LogP contribution in [0.5, 0.6) is 0 Å². The summed E-state index contributed by atoms with van der Waals surface area (Å²) in [4.78, 5) is 27.8. The molecule has 0 aromatic heterocycles. The van der Waals surface area contributed by atoms with Gasteiger partial charge in [-0.2, -0.15) is 13.2 Å². The minimum atomic E-state index is -4.69. The lowest BCUT2D eigenvalue weighted by molar-refractivity contribution is -0.139. The number of alkyl halides is 3. The molecule has 12 heteroatoms. The van der Waals surface area contributed by atoms with Gasteiger partial charge in [-0.3, -0.25) is 13.9 Å². The van der Waals surface area contributed by atoms with Gasteiger partial charge in [0.15, 0.2) is 0 Å². The van der Waals surface area contributed by atoms with Crippen molar-refractivity contribution in [2.45, 2.75) is 57.4 Å². The summed E-state index contributed by atoms with van der Waals surface area (Å²) in [6.07, 6.45) is -0.191. The van der Waals surface area contributed by atoms with E-state index in [-0.39, 0.29) is 24.2 Å². The summed E-state index contributed by atoms with van der Waals surface area (Å²) < 4.78 is 66.3. The van der Waals surface area contributed by atoms with Gasteiger partial charge in [-0.05, 0) is 55.7 Å². The van der Waals surface area contributed by atoms with Crippen LogP contribution in [0.2, 0.25) is 0 Å². The van der Waals surface area contributed by atoms with Crippen LogP contribution in [-0.2, 0) is 32.3 Å². The van der Waals surface area contributed by atoms with Gasteiger partial charge in [-0.25, -0.2) is 8.42 Å². The second kappa shape index (κ2) is 11.8. The van der Waals surface area contributed by atoms with E-state index in [9.17, 15) is 31.2 Å². The molecule has 1 atom stereocenters. The van der Waals surface area contributed by atoms with E-state index >= 15 is 0 Å². The molecule has 0 bridgehead atoms. The zero-order valence-electron chi connectivity index (χ0n) is 20.5. The molecular weight excluding hydrogens is 575 g/mol. The maximum atomic E-state index is 13.5. The van der Waals surface area contributed by atoms with Crippen LogP contribution in [0.25, 0.3) is 0 Å². The molecular formula is C25H29BrF3N3O4S. The number of hydrogen-bond donors (Lipinski definition) is 1. The Morgan fingerprint density at radius 3 is 2.35 bits per heavy atom. The van der Waals surface area contributed by atoms with E-state index < -0.39 is 40.3 Å². The number of anilines is 1. The molecule has 202 valence electrons. The summed E-state index contributed by atoms with van der Waals surface area (Å²) in [6.45, 7) is 0.780. The second-order valence-corrected chi connectivity index (χ2v) is 12.0. The van der Waals surface area contributed by atoms with E-state index in [2.05, 4.69) is 21.2 Å². The van der Waals surface area contributed by atoms with Gasteiger partial charge >= 0.3 is 6.18 Å². The Balaban J connectivity index is 1.92. The van der Waals surface area contributed by atoms with E-state index in [4.69, 9.17) is 0 Å². The summed E-state index contributed by atoms with van der Waals surface area (Å²) >= 11 is 3.37. The molecule has 2 aromatic rings. The number of rotatable bonds is 9. The predicted octanol–water partition coefficient (Wildman–Crippen LogP) is 4.71. The van der Waals surface area contributed by atoms with Gasteiger partial charge in [0.1, 0.15) is 12.6 Å². The lowest BCUT2D eigenvalue weighted by atomic mass is 10.1. The fourth-order valence-corrected chi connectivity index (χ4v) is 5.55. The first-order valence-corrected chi connectivity index (χ1v) is 14.4. The van der Waals surface area contributed by atoms with Gasteiger partial charge in [-0.15, -0.1) is 0 Å². The third kappa shape index (κ3) is 7.94. The van der Waals surface area contributed by atoms with Crippen molar-refractivity contribution in [3.8, 4) is 0 Å². The van der Waals surface area contributed by atoms with E-state index in [1.54, 1.807) is 31.2 Å². The Morgan fingerprint density at radius 1 is 1.11 bits per heavy atom. The van der Waals surface area contributed by atoms with Crippen LogP contribution in [0.15, 0.2) is 53.0 Å². The first kappa shape index (κ1) is 29.0. The van der Waals surface area contributed by atoms with Crippen molar-refractivity contribution in [2.24, 2.45) is 0 Å². The first-order chi connectivity index (χ1) is 17.3. The molecule has 2 amide bonds. The zero-order valence-corrected chi connectivity index (χ0v) is 22.9. The minimum Gasteiger partial charge on any atom is -0.352 e. The molecule has 1 saturated carbocycles. The van der Waals surface area contributed by atoms with E-state index in [0.717, 1.165) is 48.5 Å². The van der Waals surface area contributed by atoms with Crippen LogP contribution in [0.4, 0.5) is 18.9 Å². The molecule has 0 radical (unpaired) electrons. The van der Waals surface area contributed by atoms with Gasteiger partial charge in [0.25, 0.3) is 0 Å². The standard InChI is InChI=1S/C25H29BrF3N3O4S/c1-17(24(34)30-21-10-3-4-11-21)31(15-18-7-5-9-20(26)13-18)23(33)16-32(37(2,35)36)22-12-6-8-19(14-22)25(27,28)29/h5-9,12-14,17,21H,3-4,10-11,15-16H2,1-2H3,(H,30,34)/t17-/m0/s1. The van der Waals surface area contributed by atoms with Crippen LogP contribution in [-0.4, -0.2) is 50.0 Å². The van der Waals surface area contributed by atoms with E-state index in [1.807, 2.05) is 0 Å². The molecule has 0 saturated heterocycles. The van der Waals surface area contributed by atoms with Crippen molar-refractivity contribution in [3.05, 3.63) is 64.1 Å². The third-order valence-electron chi connectivity index (χ3n) is 6.25. The number of amides is 2. The molecule has 37 heavy (non-hydrogen) atoms. The molecule has 3 rings (SSSR count). The molecule has 7 nitrogen and oxygen atoms in total. The van der Waals surface area contributed by atoms with Crippen LogP contribution in [0, 0.1) is 0 Å². The Morgan fingerprint density at radius 2 is 1.76 bits per heavy atom. The van der Waals surface area contributed by atoms with Gasteiger partial charge in [0.2, 0.25) is 21.8 Å². The monoisotopic (exact) mass is 603 g/mol. The average molecular weight is 604 g/mol. The molecule has 2 aromatic carbocycles. The number of carbonyl (C=O) groups excluding carboxylic acids is 2. The fourth-order valence-electron chi connectivity index (χ4n) is 4.26. The van der Waals surface area contributed by atoms with Crippen molar-refractivity contribution in [3.63, 3.8) is 0 Å². The van der Waals surface area contributed by atoms with Crippen LogP contribution in [0.1, 0.15) is 43.7 Å². The molecule has 0 aliphatic heterocycles. The van der Waals surface area contributed by atoms with Gasteiger partial charge < -0.3 is 10.2 Å². The van der Waals surface area contributed by atoms with Crippen LogP contribution in [0.3, 0.4) is 0 Å². The molecule has 0 heterocycles. The summed E-state index contributed by atoms with van der Waals surface area (Å²) in [5.41, 5.74) is -0.647. The molecule has 1 aliphatic carbocycles. The zero-order chi connectivity index (χ0) is 27.4. The van der Waals surface area contributed by atoms with Gasteiger partial charge in [-0.1, -0.05) is 47.0 Å². The van der Waals surface area contributed by atoms with E-state index in [1.165, 1.54) is 11.0 Å².